The van der Waals surface area contributed by atoms with Gasteiger partial charge in [0.05, 0.1) is 0 Å². The number of nitrogens with one attached hydrogen (secondary N) is 1. The van der Waals surface area contributed by atoms with Gasteiger partial charge < -0.3 is 10.2 Å². The molecule has 0 aliphatic carbocycles. The van der Waals surface area contributed by atoms with Crippen molar-refractivity contribution in [2.75, 3.05) is 19.6 Å². The maximum absolute atomic E-state index is 12.6. The van der Waals surface area contributed by atoms with Crippen LogP contribution in [-0.4, -0.2) is 30.4 Å². The van der Waals surface area contributed by atoms with Gasteiger partial charge >= 0.3 is 0 Å². The fraction of sp³-hybridized carbons (Fsp3) is 0.611. The van der Waals surface area contributed by atoms with E-state index < -0.39 is 0 Å². The molecule has 1 aromatic rings. The van der Waals surface area contributed by atoms with Gasteiger partial charge in [-0.2, -0.15) is 0 Å². The SMILES string of the molecule is CC(CC(=O)N1CCc2ccccc2C1)C1CCNCC1. The third-order valence-corrected chi connectivity index (χ3v) is 5.17. The first-order valence-electron chi connectivity index (χ1n) is 8.29. The predicted molar refractivity (Wildman–Crippen MR) is 84.9 cm³/mol. The molecule has 1 atom stereocenters. The van der Waals surface area contributed by atoms with Crippen molar-refractivity contribution in [3.8, 4) is 0 Å². The lowest BCUT2D eigenvalue weighted by atomic mass is 9.83. The molecule has 0 saturated carbocycles. The van der Waals surface area contributed by atoms with Gasteiger partial charge in [-0.15, -0.1) is 0 Å². The Balaban J connectivity index is 1.56. The number of nitrogens with zero attached hydrogens (tertiary/aromatic N) is 1. The smallest absolute Gasteiger partial charge is 0.223 e. The number of amides is 1. The van der Waals surface area contributed by atoms with Crippen molar-refractivity contribution in [1.29, 1.82) is 0 Å². The molecule has 0 spiro atoms. The standard InChI is InChI=1S/C18H26N2O/c1-14(15-6-9-19-10-7-15)12-18(21)20-11-8-16-4-2-3-5-17(16)13-20/h2-5,14-15,19H,6-13H2,1H3. The van der Waals surface area contributed by atoms with Crippen LogP contribution in [0.5, 0.6) is 0 Å². The summed E-state index contributed by atoms with van der Waals surface area (Å²) in [5.41, 5.74) is 2.74. The summed E-state index contributed by atoms with van der Waals surface area (Å²) in [6.07, 6.45) is 4.16. The van der Waals surface area contributed by atoms with Crippen LogP contribution < -0.4 is 5.32 Å². The van der Waals surface area contributed by atoms with Crippen molar-refractivity contribution < 1.29 is 4.79 Å². The van der Waals surface area contributed by atoms with Crippen molar-refractivity contribution >= 4 is 5.91 Å². The Morgan fingerprint density at radius 2 is 2.00 bits per heavy atom. The predicted octanol–water partition coefficient (Wildman–Crippen LogP) is 2.60. The van der Waals surface area contributed by atoms with Crippen molar-refractivity contribution in [3.63, 3.8) is 0 Å². The number of hydrogen-bond donors (Lipinski definition) is 1. The van der Waals surface area contributed by atoms with E-state index in [0.29, 0.717) is 24.2 Å². The largest absolute Gasteiger partial charge is 0.338 e. The fourth-order valence-corrected chi connectivity index (χ4v) is 3.69. The maximum Gasteiger partial charge on any atom is 0.223 e. The zero-order chi connectivity index (χ0) is 14.7. The first-order valence-corrected chi connectivity index (χ1v) is 8.29. The van der Waals surface area contributed by atoms with Gasteiger partial charge in [-0.25, -0.2) is 0 Å². The van der Waals surface area contributed by atoms with E-state index in [9.17, 15) is 4.79 Å². The van der Waals surface area contributed by atoms with Crippen LogP contribution in [-0.2, 0) is 17.8 Å². The van der Waals surface area contributed by atoms with Gasteiger partial charge in [0.1, 0.15) is 0 Å². The minimum atomic E-state index is 0.343. The van der Waals surface area contributed by atoms with E-state index in [1.54, 1.807) is 0 Å². The molecule has 3 rings (SSSR count). The van der Waals surface area contributed by atoms with E-state index in [1.807, 2.05) is 0 Å². The summed E-state index contributed by atoms with van der Waals surface area (Å²) in [7, 11) is 0. The molecule has 114 valence electrons. The van der Waals surface area contributed by atoms with Crippen LogP contribution in [0.2, 0.25) is 0 Å². The van der Waals surface area contributed by atoms with E-state index >= 15 is 0 Å². The third-order valence-electron chi connectivity index (χ3n) is 5.17. The van der Waals surface area contributed by atoms with E-state index in [4.69, 9.17) is 0 Å². The second-order valence-electron chi connectivity index (χ2n) is 6.60. The third kappa shape index (κ3) is 3.46. The highest BCUT2D eigenvalue weighted by Gasteiger charge is 2.26. The van der Waals surface area contributed by atoms with Crippen molar-refractivity contribution in [3.05, 3.63) is 35.4 Å². The number of carbonyl (C=O) groups is 1. The molecule has 3 heteroatoms. The Kier molecular flexibility index (Phi) is 4.59. The molecule has 0 bridgehead atoms. The molecule has 2 heterocycles. The molecule has 1 N–H and O–H groups in total. The van der Waals surface area contributed by atoms with Crippen molar-refractivity contribution in [2.24, 2.45) is 11.8 Å². The van der Waals surface area contributed by atoms with Crippen LogP contribution in [0.25, 0.3) is 0 Å². The maximum atomic E-state index is 12.6. The Morgan fingerprint density at radius 1 is 1.29 bits per heavy atom. The molecule has 1 amide bonds. The molecule has 1 unspecified atom stereocenters. The highest BCUT2D eigenvalue weighted by atomic mass is 16.2. The highest BCUT2D eigenvalue weighted by Crippen LogP contribution is 2.26. The van der Waals surface area contributed by atoms with E-state index in [2.05, 4.69) is 41.4 Å². The molecule has 1 fully saturated rings. The molecule has 2 aliphatic rings. The average Bonchev–Trinajstić information content (AvgIpc) is 2.55. The van der Waals surface area contributed by atoms with Crippen molar-refractivity contribution in [1.82, 2.24) is 10.2 Å². The lowest BCUT2D eigenvalue weighted by Gasteiger charge is -2.32. The number of benzene rings is 1. The molecular weight excluding hydrogens is 260 g/mol. The Labute approximate surface area is 127 Å². The number of rotatable bonds is 3. The number of piperidine rings is 1. The van der Waals surface area contributed by atoms with E-state index in [1.165, 1.54) is 24.0 Å². The summed E-state index contributed by atoms with van der Waals surface area (Å²) in [6.45, 7) is 6.16. The highest BCUT2D eigenvalue weighted by molar-refractivity contribution is 5.76. The Morgan fingerprint density at radius 3 is 2.76 bits per heavy atom. The summed E-state index contributed by atoms with van der Waals surface area (Å²) in [4.78, 5) is 14.6. The first-order chi connectivity index (χ1) is 10.2. The average molecular weight is 286 g/mol. The summed E-state index contributed by atoms with van der Waals surface area (Å²) < 4.78 is 0. The van der Waals surface area contributed by atoms with Gasteiger partial charge in [0.25, 0.3) is 0 Å². The summed E-state index contributed by atoms with van der Waals surface area (Å²) in [6, 6.07) is 8.51. The summed E-state index contributed by atoms with van der Waals surface area (Å²) in [5, 5.41) is 3.40. The zero-order valence-electron chi connectivity index (χ0n) is 13.0. The van der Waals surface area contributed by atoms with Gasteiger partial charge in [-0.3, -0.25) is 4.79 Å². The Bertz CT molecular complexity index is 494. The monoisotopic (exact) mass is 286 g/mol. The molecule has 1 aromatic carbocycles. The number of fused-ring (bicyclic) bond motifs is 1. The van der Waals surface area contributed by atoms with Crippen LogP contribution in [0.15, 0.2) is 24.3 Å². The quantitative estimate of drug-likeness (QED) is 0.926. The summed E-state index contributed by atoms with van der Waals surface area (Å²) in [5.74, 6) is 1.57. The fourth-order valence-electron chi connectivity index (χ4n) is 3.69. The van der Waals surface area contributed by atoms with Gasteiger partial charge in [0.15, 0.2) is 0 Å². The van der Waals surface area contributed by atoms with Crippen LogP contribution in [0, 0.1) is 11.8 Å². The molecule has 2 aliphatic heterocycles. The lowest BCUT2D eigenvalue weighted by molar-refractivity contribution is -0.133. The van der Waals surface area contributed by atoms with Crippen LogP contribution in [0.4, 0.5) is 0 Å². The molecule has 0 radical (unpaired) electrons. The van der Waals surface area contributed by atoms with E-state index in [0.717, 1.165) is 32.6 Å². The topological polar surface area (TPSA) is 32.3 Å². The second kappa shape index (κ2) is 6.61. The lowest BCUT2D eigenvalue weighted by Crippen LogP contribution is -2.38. The normalized spacial score (nSPS) is 20.9. The summed E-state index contributed by atoms with van der Waals surface area (Å²) >= 11 is 0. The van der Waals surface area contributed by atoms with Gasteiger partial charge in [-0.05, 0) is 55.3 Å². The van der Waals surface area contributed by atoms with Crippen LogP contribution >= 0.6 is 0 Å². The molecule has 3 nitrogen and oxygen atoms in total. The second-order valence-corrected chi connectivity index (χ2v) is 6.60. The van der Waals surface area contributed by atoms with Gasteiger partial charge in [0, 0.05) is 19.5 Å². The van der Waals surface area contributed by atoms with Crippen LogP contribution in [0.3, 0.4) is 0 Å². The van der Waals surface area contributed by atoms with E-state index in [-0.39, 0.29) is 0 Å². The van der Waals surface area contributed by atoms with Crippen LogP contribution in [0.1, 0.15) is 37.3 Å². The minimum Gasteiger partial charge on any atom is -0.338 e. The van der Waals surface area contributed by atoms with Gasteiger partial charge in [-0.1, -0.05) is 31.2 Å². The molecule has 0 aromatic heterocycles. The molecule has 21 heavy (non-hydrogen) atoms. The molecular formula is C18H26N2O. The minimum absolute atomic E-state index is 0.343. The molecule has 1 saturated heterocycles. The number of hydrogen-bond acceptors (Lipinski definition) is 2. The first kappa shape index (κ1) is 14.6. The van der Waals surface area contributed by atoms with Gasteiger partial charge in [0.2, 0.25) is 5.91 Å². The zero-order valence-corrected chi connectivity index (χ0v) is 13.0. The number of carbonyl (C=O) groups excluding carboxylic acids is 1. The Hall–Kier alpha value is -1.35. The van der Waals surface area contributed by atoms with Crippen molar-refractivity contribution in [2.45, 2.75) is 39.2 Å².